The van der Waals surface area contributed by atoms with E-state index in [9.17, 15) is 18.3 Å². The summed E-state index contributed by atoms with van der Waals surface area (Å²) in [5.74, 6) is 0. The molecule has 1 aliphatic heterocycles. The van der Waals surface area contributed by atoms with Gasteiger partial charge in [0.25, 0.3) is 0 Å². The van der Waals surface area contributed by atoms with Gasteiger partial charge in [-0.05, 0) is 44.5 Å². The number of halogens is 3. The van der Waals surface area contributed by atoms with Crippen LogP contribution in [0, 0.1) is 0 Å². The van der Waals surface area contributed by atoms with Crippen LogP contribution in [0.5, 0.6) is 0 Å². The van der Waals surface area contributed by atoms with Crippen molar-refractivity contribution in [2.24, 2.45) is 0 Å². The van der Waals surface area contributed by atoms with E-state index < -0.39 is 17.3 Å². The Morgan fingerprint density at radius 2 is 1.84 bits per heavy atom. The summed E-state index contributed by atoms with van der Waals surface area (Å²) >= 11 is 0. The van der Waals surface area contributed by atoms with Gasteiger partial charge in [0.1, 0.15) is 0 Å². The lowest BCUT2D eigenvalue weighted by atomic mass is 9.84. The highest BCUT2D eigenvalue weighted by atomic mass is 19.4. The third kappa shape index (κ3) is 3.09. The molecule has 1 N–H and O–H groups in total. The van der Waals surface area contributed by atoms with Gasteiger partial charge in [-0.15, -0.1) is 0 Å². The van der Waals surface area contributed by atoms with Gasteiger partial charge < -0.3 is 10.0 Å². The molecule has 5 heteroatoms. The van der Waals surface area contributed by atoms with Crippen LogP contribution in [-0.2, 0) is 11.8 Å². The topological polar surface area (TPSA) is 23.5 Å². The normalized spacial score (nSPS) is 26.2. The van der Waals surface area contributed by atoms with Crippen molar-refractivity contribution in [3.8, 4) is 0 Å². The van der Waals surface area contributed by atoms with E-state index in [-0.39, 0.29) is 5.56 Å². The second-order valence-corrected chi connectivity index (χ2v) is 5.23. The summed E-state index contributed by atoms with van der Waals surface area (Å²) in [6, 6.07) is 5.35. The van der Waals surface area contributed by atoms with Crippen molar-refractivity contribution in [1.82, 2.24) is 4.90 Å². The van der Waals surface area contributed by atoms with Crippen LogP contribution in [0.1, 0.15) is 30.4 Å². The molecular weight excluding hydrogens is 255 g/mol. The molecule has 1 fully saturated rings. The standard InChI is InChI=1S/C14H18F3NO/c1-18-9-4-7-13(19,8-10-18)11-5-2-3-6-12(11)14(15,16)17/h2-3,5-6,19H,4,7-10H2,1H3. The fourth-order valence-corrected chi connectivity index (χ4v) is 2.66. The van der Waals surface area contributed by atoms with Gasteiger partial charge in [-0.25, -0.2) is 0 Å². The molecule has 0 spiro atoms. The number of rotatable bonds is 1. The van der Waals surface area contributed by atoms with Crippen LogP contribution in [0.2, 0.25) is 0 Å². The monoisotopic (exact) mass is 273 g/mol. The molecule has 1 aromatic carbocycles. The van der Waals surface area contributed by atoms with E-state index in [1.54, 1.807) is 6.07 Å². The van der Waals surface area contributed by atoms with Gasteiger partial charge in [0.2, 0.25) is 0 Å². The number of nitrogens with zero attached hydrogens (tertiary/aromatic N) is 1. The first kappa shape index (κ1) is 14.3. The van der Waals surface area contributed by atoms with Crippen molar-refractivity contribution in [2.45, 2.75) is 31.0 Å². The van der Waals surface area contributed by atoms with Crippen LogP contribution >= 0.6 is 0 Å². The number of likely N-dealkylation sites (tertiary alicyclic amines) is 1. The molecule has 2 rings (SSSR count). The first-order chi connectivity index (χ1) is 8.83. The van der Waals surface area contributed by atoms with Gasteiger partial charge >= 0.3 is 6.18 Å². The lowest BCUT2D eigenvalue weighted by Gasteiger charge is -2.30. The summed E-state index contributed by atoms with van der Waals surface area (Å²) in [6.45, 7) is 1.40. The van der Waals surface area contributed by atoms with E-state index in [0.29, 0.717) is 25.8 Å². The molecule has 0 radical (unpaired) electrons. The molecule has 1 saturated heterocycles. The predicted molar refractivity (Wildman–Crippen MR) is 66.7 cm³/mol. The molecule has 0 aliphatic carbocycles. The SMILES string of the molecule is CN1CCCC(O)(c2ccccc2C(F)(F)F)CC1. The summed E-state index contributed by atoms with van der Waals surface area (Å²) in [4.78, 5) is 2.04. The molecule has 1 unspecified atom stereocenters. The minimum absolute atomic E-state index is 0.0119. The van der Waals surface area contributed by atoms with Gasteiger partial charge in [0.15, 0.2) is 0 Å². The molecule has 0 bridgehead atoms. The van der Waals surface area contributed by atoms with Crippen LogP contribution in [0.25, 0.3) is 0 Å². The Kier molecular flexibility index (Phi) is 3.87. The molecule has 0 amide bonds. The van der Waals surface area contributed by atoms with Crippen LogP contribution < -0.4 is 0 Å². The van der Waals surface area contributed by atoms with Crippen LogP contribution in [0.3, 0.4) is 0 Å². The third-order valence-corrected chi connectivity index (χ3v) is 3.77. The zero-order valence-electron chi connectivity index (χ0n) is 10.9. The zero-order valence-corrected chi connectivity index (χ0v) is 10.9. The van der Waals surface area contributed by atoms with E-state index >= 15 is 0 Å². The Morgan fingerprint density at radius 3 is 2.53 bits per heavy atom. The molecule has 0 saturated carbocycles. The summed E-state index contributed by atoms with van der Waals surface area (Å²) in [6.07, 6.45) is -3.04. The van der Waals surface area contributed by atoms with E-state index in [1.165, 1.54) is 12.1 Å². The number of hydrogen-bond acceptors (Lipinski definition) is 2. The predicted octanol–water partition coefficient (Wildman–Crippen LogP) is 3.01. The quantitative estimate of drug-likeness (QED) is 0.850. The van der Waals surface area contributed by atoms with Crippen LogP contribution in [-0.4, -0.2) is 30.1 Å². The van der Waals surface area contributed by atoms with E-state index in [1.807, 2.05) is 11.9 Å². The van der Waals surface area contributed by atoms with Crippen molar-refractivity contribution < 1.29 is 18.3 Å². The summed E-state index contributed by atoms with van der Waals surface area (Å²) in [5, 5.41) is 10.7. The molecule has 1 aromatic rings. The smallest absolute Gasteiger partial charge is 0.385 e. The van der Waals surface area contributed by atoms with Crippen LogP contribution in [0.15, 0.2) is 24.3 Å². The largest absolute Gasteiger partial charge is 0.416 e. The van der Waals surface area contributed by atoms with E-state index in [0.717, 1.165) is 12.6 Å². The highest BCUT2D eigenvalue weighted by Crippen LogP contribution is 2.40. The Balaban J connectivity index is 2.40. The Hall–Kier alpha value is -1.07. The van der Waals surface area contributed by atoms with Gasteiger partial charge in [-0.1, -0.05) is 18.2 Å². The highest BCUT2D eigenvalue weighted by Gasteiger charge is 2.40. The van der Waals surface area contributed by atoms with Crippen LogP contribution in [0.4, 0.5) is 13.2 Å². The lowest BCUT2D eigenvalue weighted by molar-refractivity contribution is -0.141. The Bertz CT molecular complexity index is 447. The van der Waals surface area contributed by atoms with Gasteiger partial charge in [0, 0.05) is 6.54 Å². The highest BCUT2D eigenvalue weighted by molar-refractivity contribution is 5.34. The maximum Gasteiger partial charge on any atom is 0.416 e. The average Bonchev–Trinajstić information content (AvgIpc) is 2.52. The molecule has 0 aromatic heterocycles. The number of aliphatic hydroxyl groups is 1. The number of alkyl halides is 3. The maximum absolute atomic E-state index is 13.0. The first-order valence-electron chi connectivity index (χ1n) is 6.40. The number of benzene rings is 1. The zero-order chi connectivity index (χ0) is 14.1. The van der Waals surface area contributed by atoms with Crippen molar-refractivity contribution in [3.05, 3.63) is 35.4 Å². The number of hydrogen-bond donors (Lipinski definition) is 1. The Morgan fingerprint density at radius 1 is 1.16 bits per heavy atom. The van der Waals surface area contributed by atoms with E-state index in [4.69, 9.17) is 0 Å². The van der Waals surface area contributed by atoms with Gasteiger partial charge in [0.05, 0.1) is 11.2 Å². The minimum Gasteiger partial charge on any atom is -0.385 e. The second-order valence-electron chi connectivity index (χ2n) is 5.23. The minimum atomic E-state index is -4.43. The van der Waals surface area contributed by atoms with Crippen molar-refractivity contribution in [3.63, 3.8) is 0 Å². The summed E-state index contributed by atoms with van der Waals surface area (Å²) in [5.41, 5.74) is -2.09. The second kappa shape index (κ2) is 5.13. The summed E-state index contributed by atoms with van der Waals surface area (Å²) in [7, 11) is 1.92. The molecule has 1 aliphatic rings. The van der Waals surface area contributed by atoms with Crippen molar-refractivity contribution in [1.29, 1.82) is 0 Å². The molecule has 19 heavy (non-hydrogen) atoms. The van der Waals surface area contributed by atoms with Gasteiger partial charge in [-0.2, -0.15) is 13.2 Å². The third-order valence-electron chi connectivity index (χ3n) is 3.77. The molecular formula is C14H18F3NO. The molecule has 106 valence electrons. The Labute approximate surface area is 110 Å². The fraction of sp³-hybridized carbons (Fsp3) is 0.571. The molecule has 1 atom stereocenters. The van der Waals surface area contributed by atoms with E-state index in [2.05, 4.69) is 0 Å². The van der Waals surface area contributed by atoms with Gasteiger partial charge in [-0.3, -0.25) is 0 Å². The summed E-state index contributed by atoms with van der Waals surface area (Å²) < 4.78 is 39.1. The van der Waals surface area contributed by atoms with Crippen molar-refractivity contribution in [2.75, 3.05) is 20.1 Å². The average molecular weight is 273 g/mol. The molecule has 1 heterocycles. The molecule has 2 nitrogen and oxygen atoms in total. The fourth-order valence-electron chi connectivity index (χ4n) is 2.66. The maximum atomic E-state index is 13.0. The van der Waals surface area contributed by atoms with Crippen molar-refractivity contribution >= 4 is 0 Å². The lowest BCUT2D eigenvalue weighted by Crippen LogP contribution is -2.30. The first-order valence-corrected chi connectivity index (χ1v) is 6.40.